The van der Waals surface area contributed by atoms with Gasteiger partial charge in [0.2, 0.25) is 0 Å². The van der Waals surface area contributed by atoms with E-state index in [0.717, 1.165) is 5.57 Å². The van der Waals surface area contributed by atoms with Crippen LogP contribution >= 0.6 is 31.9 Å². The zero-order valence-corrected chi connectivity index (χ0v) is 12.6. The molecule has 6 atom stereocenters. The van der Waals surface area contributed by atoms with Gasteiger partial charge in [0.25, 0.3) is 0 Å². The molecule has 4 aliphatic carbocycles. The van der Waals surface area contributed by atoms with E-state index in [1.165, 1.54) is 0 Å². The minimum absolute atomic E-state index is 0.136. The number of esters is 1. The van der Waals surface area contributed by atoms with Crippen molar-refractivity contribution < 1.29 is 9.53 Å². The number of alkyl halides is 2. The Balaban J connectivity index is 1.89. The average Bonchev–Trinajstić information content (AvgIpc) is 2.37. The fourth-order valence-corrected chi connectivity index (χ4v) is 5.42. The lowest BCUT2D eigenvalue weighted by Crippen LogP contribution is -2.58. The molecule has 0 spiro atoms. The van der Waals surface area contributed by atoms with Crippen LogP contribution in [0.15, 0.2) is 23.8 Å². The fraction of sp³-hybridized carbons (Fsp3) is 0.615. The molecule has 0 unspecified atom stereocenters. The summed E-state index contributed by atoms with van der Waals surface area (Å²) in [5, 5.41) is 0. The van der Waals surface area contributed by atoms with Crippen LogP contribution in [0.4, 0.5) is 0 Å². The number of rotatable bonds is 2. The standard InChI is InChI=1S/C13H14Br2O2/c1-2-17-13(16)8-5-6-3-4-7(8)10-9(6)11(14)12(10)15/h3-7,9-12H,2H2,1H3/t6-,7-,9-,10+,11-,12+/m1/s1. The van der Waals surface area contributed by atoms with Gasteiger partial charge in [-0.1, -0.05) is 50.1 Å². The van der Waals surface area contributed by atoms with Crippen LogP contribution in [-0.2, 0) is 9.53 Å². The molecule has 0 aromatic rings. The lowest BCUT2D eigenvalue weighted by Gasteiger charge is -2.57. The van der Waals surface area contributed by atoms with Crippen LogP contribution in [-0.4, -0.2) is 22.2 Å². The van der Waals surface area contributed by atoms with Crippen molar-refractivity contribution in [3.05, 3.63) is 23.8 Å². The minimum atomic E-state index is -0.136. The number of carbonyl (C=O) groups is 1. The van der Waals surface area contributed by atoms with Crippen molar-refractivity contribution in [2.75, 3.05) is 6.61 Å². The second-order valence-corrected chi connectivity index (χ2v) is 6.99. The second kappa shape index (κ2) is 4.23. The lowest BCUT2D eigenvalue weighted by molar-refractivity contribution is -0.139. The Morgan fingerprint density at radius 2 is 2.00 bits per heavy atom. The van der Waals surface area contributed by atoms with Crippen molar-refractivity contribution in [2.45, 2.75) is 16.6 Å². The van der Waals surface area contributed by atoms with E-state index in [4.69, 9.17) is 4.74 Å². The molecule has 0 radical (unpaired) electrons. The fourth-order valence-electron chi connectivity index (χ4n) is 3.33. The Bertz CT molecular complexity index is 416. The highest BCUT2D eigenvalue weighted by Gasteiger charge is 2.58. The van der Waals surface area contributed by atoms with Gasteiger partial charge in [0.05, 0.1) is 6.61 Å². The van der Waals surface area contributed by atoms with E-state index in [-0.39, 0.29) is 11.9 Å². The van der Waals surface area contributed by atoms with Gasteiger partial charge in [-0.15, -0.1) is 0 Å². The van der Waals surface area contributed by atoms with E-state index >= 15 is 0 Å². The molecule has 1 saturated carbocycles. The Hall–Kier alpha value is -0.0900. The first-order valence-electron chi connectivity index (χ1n) is 6.00. The Morgan fingerprint density at radius 3 is 2.71 bits per heavy atom. The average molecular weight is 362 g/mol. The first-order chi connectivity index (χ1) is 8.15. The third kappa shape index (κ3) is 1.60. The monoisotopic (exact) mass is 360 g/mol. The quantitative estimate of drug-likeness (QED) is 0.429. The molecule has 1 fully saturated rings. The predicted octanol–water partition coefficient (Wildman–Crippen LogP) is 3.06. The summed E-state index contributed by atoms with van der Waals surface area (Å²) in [4.78, 5) is 12.9. The molecule has 17 heavy (non-hydrogen) atoms. The van der Waals surface area contributed by atoms with Crippen LogP contribution in [0.1, 0.15) is 6.92 Å². The Kier molecular flexibility index (Phi) is 2.98. The molecule has 4 rings (SSSR count). The summed E-state index contributed by atoms with van der Waals surface area (Å²) in [5.41, 5.74) is 0.865. The molecular weight excluding hydrogens is 348 g/mol. The molecule has 2 bridgehead atoms. The van der Waals surface area contributed by atoms with E-state index in [0.29, 0.717) is 34.0 Å². The van der Waals surface area contributed by atoms with E-state index in [9.17, 15) is 4.79 Å². The maximum Gasteiger partial charge on any atom is 0.334 e. The second-order valence-electron chi connectivity index (χ2n) is 4.87. The summed E-state index contributed by atoms with van der Waals surface area (Å²) in [6, 6.07) is 0. The predicted molar refractivity (Wildman–Crippen MR) is 73.2 cm³/mol. The highest BCUT2D eigenvalue weighted by molar-refractivity contribution is 9.12. The largest absolute Gasteiger partial charge is 0.463 e. The number of halogens is 2. The smallest absolute Gasteiger partial charge is 0.334 e. The first-order valence-corrected chi connectivity index (χ1v) is 7.83. The number of ether oxygens (including phenoxy) is 1. The van der Waals surface area contributed by atoms with Gasteiger partial charge in [0.1, 0.15) is 0 Å². The van der Waals surface area contributed by atoms with Crippen molar-refractivity contribution in [3.63, 3.8) is 0 Å². The van der Waals surface area contributed by atoms with Crippen LogP contribution in [0, 0.1) is 23.7 Å². The molecule has 0 heterocycles. The Labute approximate surface area is 118 Å². The van der Waals surface area contributed by atoms with Crippen molar-refractivity contribution in [2.24, 2.45) is 23.7 Å². The molecule has 0 aliphatic heterocycles. The van der Waals surface area contributed by atoms with Gasteiger partial charge in [-0.2, -0.15) is 0 Å². The molecule has 4 aliphatic rings. The molecule has 92 valence electrons. The number of hydrogen-bond acceptors (Lipinski definition) is 2. The topological polar surface area (TPSA) is 26.3 Å². The number of allylic oxidation sites excluding steroid dienone is 3. The van der Waals surface area contributed by atoms with Gasteiger partial charge in [-0.25, -0.2) is 4.79 Å². The van der Waals surface area contributed by atoms with E-state index in [1.54, 1.807) is 0 Å². The van der Waals surface area contributed by atoms with Gasteiger partial charge >= 0.3 is 5.97 Å². The minimum Gasteiger partial charge on any atom is -0.463 e. The highest BCUT2D eigenvalue weighted by Crippen LogP contribution is 2.59. The van der Waals surface area contributed by atoms with Gasteiger partial charge in [-0.05, 0) is 24.7 Å². The van der Waals surface area contributed by atoms with E-state index in [1.807, 2.05) is 6.92 Å². The van der Waals surface area contributed by atoms with Crippen LogP contribution in [0.25, 0.3) is 0 Å². The number of carbonyl (C=O) groups excluding carboxylic acids is 1. The maximum absolute atomic E-state index is 11.9. The zero-order chi connectivity index (χ0) is 12.2. The summed E-state index contributed by atoms with van der Waals surface area (Å²) in [7, 11) is 0. The first kappa shape index (κ1) is 12.0. The van der Waals surface area contributed by atoms with Crippen molar-refractivity contribution in [1.82, 2.24) is 0 Å². The SMILES string of the molecule is CCOC(=O)C1=C[C@H]2C=C[C@H]1[C@@H]1[C@H](Br)[C@H](Br)[C@H]21. The van der Waals surface area contributed by atoms with Crippen molar-refractivity contribution in [3.8, 4) is 0 Å². The van der Waals surface area contributed by atoms with Gasteiger partial charge in [0.15, 0.2) is 0 Å². The molecule has 0 amide bonds. The normalized spacial score (nSPS) is 45.9. The van der Waals surface area contributed by atoms with Gasteiger partial charge in [0, 0.05) is 21.1 Å². The number of hydrogen-bond donors (Lipinski definition) is 0. The molecule has 0 aromatic heterocycles. The third-order valence-corrected chi connectivity index (χ3v) is 7.20. The maximum atomic E-state index is 11.9. The van der Waals surface area contributed by atoms with E-state index < -0.39 is 0 Å². The highest BCUT2D eigenvalue weighted by atomic mass is 79.9. The van der Waals surface area contributed by atoms with Gasteiger partial charge < -0.3 is 4.74 Å². The molecule has 4 heteroatoms. The summed E-state index contributed by atoms with van der Waals surface area (Å²) < 4.78 is 5.14. The van der Waals surface area contributed by atoms with Crippen LogP contribution in [0.5, 0.6) is 0 Å². The molecule has 0 N–H and O–H groups in total. The van der Waals surface area contributed by atoms with Crippen LogP contribution in [0.3, 0.4) is 0 Å². The van der Waals surface area contributed by atoms with E-state index in [2.05, 4.69) is 50.1 Å². The Morgan fingerprint density at radius 1 is 1.29 bits per heavy atom. The van der Waals surface area contributed by atoms with Crippen LogP contribution in [0.2, 0.25) is 0 Å². The molecular formula is C13H14Br2O2. The zero-order valence-electron chi connectivity index (χ0n) is 9.48. The summed E-state index contributed by atoms with van der Waals surface area (Å²) in [6.45, 7) is 2.30. The summed E-state index contributed by atoms with van der Waals surface area (Å²) in [5.74, 6) is 1.67. The molecule has 2 nitrogen and oxygen atoms in total. The third-order valence-electron chi connectivity index (χ3n) is 4.13. The summed E-state index contributed by atoms with van der Waals surface area (Å²) >= 11 is 7.46. The van der Waals surface area contributed by atoms with Gasteiger partial charge in [-0.3, -0.25) is 0 Å². The molecule has 0 aromatic carbocycles. The van der Waals surface area contributed by atoms with Crippen molar-refractivity contribution >= 4 is 37.8 Å². The lowest BCUT2D eigenvalue weighted by atomic mass is 9.53. The molecule has 0 saturated heterocycles. The van der Waals surface area contributed by atoms with Crippen molar-refractivity contribution in [1.29, 1.82) is 0 Å². The summed E-state index contributed by atoms with van der Waals surface area (Å²) in [6.07, 6.45) is 6.53. The van der Waals surface area contributed by atoms with Crippen LogP contribution < -0.4 is 0 Å².